The van der Waals surface area contributed by atoms with Crippen molar-refractivity contribution in [3.63, 3.8) is 0 Å². The molecule has 0 amide bonds. The van der Waals surface area contributed by atoms with Crippen LogP contribution in [0.1, 0.15) is 0 Å². The van der Waals surface area contributed by atoms with E-state index in [1.54, 1.807) is 6.07 Å². The summed E-state index contributed by atoms with van der Waals surface area (Å²) in [5, 5.41) is 0. The zero-order chi connectivity index (χ0) is 16.9. The average Bonchev–Trinajstić information content (AvgIpc) is 2.95. The lowest BCUT2D eigenvalue weighted by molar-refractivity contribution is 0.483. The van der Waals surface area contributed by atoms with Crippen molar-refractivity contribution in [2.45, 2.75) is 4.90 Å². The van der Waals surface area contributed by atoms with Crippen LogP contribution in [0.15, 0.2) is 38.8 Å². The predicted octanol–water partition coefficient (Wildman–Crippen LogP) is -0.126. The van der Waals surface area contributed by atoms with Crippen LogP contribution in [0.5, 0.6) is 0 Å². The van der Waals surface area contributed by atoms with Crippen molar-refractivity contribution in [3.8, 4) is 11.4 Å². The van der Waals surface area contributed by atoms with E-state index in [1.807, 2.05) is 0 Å². The first-order valence-electron chi connectivity index (χ1n) is 6.44. The Kier molecular flexibility index (Phi) is 3.23. The van der Waals surface area contributed by atoms with Crippen LogP contribution >= 0.6 is 0 Å². The van der Waals surface area contributed by atoms with Crippen LogP contribution in [0.3, 0.4) is 0 Å². The van der Waals surface area contributed by atoms with E-state index < -0.39 is 21.4 Å². The maximum Gasteiger partial charge on any atom is 0.332 e. The van der Waals surface area contributed by atoms with Gasteiger partial charge in [0.05, 0.1) is 0 Å². The average molecular weight is 336 g/mol. The van der Waals surface area contributed by atoms with Crippen molar-refractivity contribution in [1.29, 1.82) is 0 Å². The zero-order valence-electron chi connectivity index (χ0n) is 12.1. The molecule has 3 rings (SSSR count). The van der Waals surface area contributed by atoms with Crippen LogP contribution in [-0.2, 0) is 24.2 Å². The van der Waals surface area contributed by atoms with Crippen LogP contribution in [0.4, 0.5) is 0 Å². The highest BCUT2D eigenvalue weighted by molar-refractivity contribution is 7.86. The van der Waals surface area contributed by atoms with Crippen LogP contribution < -0.4 is 11.2 Å². The largest absolute Gasteiger partial charge is 0.332 e. The van der Waals surface area contributed by atoms with E-state index in [2.05, 4.69) is 9.97 Å². The van der Waals surface area contributed by atoms with Gasteiger partial charge in [0.25, 0.3) is 15.7 Å². The number of rotatable bonds is 2. The molecule has 0 aliphatic rings. The minimum Gasteiger partial charge on any atom is -0.332 e. The summed E-state index contributed by atoms with van der Waals surface area (Å²) in [5.41, 5.74) is -0.872. The Morgan fingerprint density at radius 3 is 2.43 bits per heavy atom. The number of benzene rings is 1. The van der Waals surface area contributed by atoms with Crippen molar-refractivity contribution in [1.82, 2.24) is 19.1 Å². The first-order valence-corrected chi connectivity index (χ1v) is 7.88. The number of H-pyrrole nitrogens is 1. The van der Waals surface area contributed by atoms with E-state index in [0.29, 0.717) is 0 Å². The topological polar surface area (TPSA) is 127 Å². The summed E-state index contributed by atoms with van der Waals surface area (Å²) in [6.07, 6.45) is 0. The molecule has 120 valence electrons. The Morgan fingerprint density at radius 2 is 1.78 bits per heavy atom. The number of aromatic nitrogens is 4. The minimum absolute atomic E-state index is 0.0616. The second-order valence-electron chi connectivity index (χ2n) is 4.96. The predicted molar refractivity (Wildman–Crippen MR) is 81.8 cm³/mol. The fourth-order valence-electron chi connectivity index (χ4n) is 2.34. The van der Waals surface area contributed by atoms with Crippen molar-refractivity contribution < 1.29 is 13.0 Å². The number of fused-ring (bicyclic) bond motifs is 1. The molecule has 0 saturated heterocycles. The lowest BCUT2D eigenvalue weighted by atomic mass is 10.2. The molecule has 2 N–H and O–H groups in total. The number of nitrogens with one attached hydrogen (secondary N) is 1. The molecule has 2 aromatic heterocycles. The molecular formula is C13H12N4O5S. The van der Waals surface area contributed by atoms with E-state index in [-0.39, 0.29) is 27.4 Å². The van der Waals surface area contributed by atoms with Gasteiger partial charge in [-0.05, 0) is 12.1 Å². The monoisotopic (exact) mass is 336 g/mol. The van der Waals surface area contributed by atoms with E-state index >= 15 is 0 Å². The Morgan fingerprint density at radius 1 is 1.13 bits per heavy atom. The Bertz CT molecular complexity index is 1150. The molecule has 23 heavy (non-hydrogen) atoms. The van der Waals surface area contributed by atoms with Gasteiger partial charge in [-0.3, -0.25) is 18.5 Å². The second kappa shape index (κ2) is 4.89. The van der Waals surface area contributed by atoms with Crippen molar-refractivity contribution in [2.24, 2.45) is 14.1 Å². The van der Waals surface area contributed by atoms with Gasteiger partial charge in [0.1, 0.15) is 16.2 Å². The van der Waals surface area contributed by atoms with Crippen LogP contribution in [0.2, 0.25) is 0 Å². The normalized spacial score (nSPS) is 12.0. The third-order valence-electron chi connectivity index (χ3n) is 3.51. The first kappa shape index (κ1) is 15.2. The van der Waals surface area contributed by atoms with E-state index in [0.717, 1.165) is 4.57 Å². The number of aromatic amines is 1. The van der Waals surface area contributed by atoms with Gasteiger partial charge in [0, 0.05) is 19.7 Å². The highest BCUT2D eigenvalue weighted by Crippen LogP contribution is 2.25. The molecule has 0 radical (unpaired) electrons. The first-order chi connectivity index (χ1) is 10.7. The van der Waals surface area contributed by atoms with Crippen molar-refractivity contribution in [2.75, 3.05) is 0 Å². The van der Waals surface area contributed by atoms with Gasteiger partial charge in [-0.15, -0.1) is 0 Å². The number of nitrogens with zero attached hydrogens (tertiary/aromatic N) is 3. The summed E-state index contributed by atoms with van der Waals surface area (Å²) in [6.45, 7) is 0. The molecule has 0 unspecified atom stereocenters. The van der Waals surface area contributed by atoms with Crippen LogP contribution in [0, 0.1) is 0 Å². The summed E-state index contributed by atoms with van der Waals surface area (Å²) in [4.78, 5) is 30.6. The third kappa shape index (κ3) is 2.28. The molecule has 9 nitrogen and oxygen atoms in total. The summed E-state index contributed by atoms with van der Waals surface area (Å²) in [5.74, 6) is 0.0616. The van der Waals surface area contributed by atoms with E-state index in [9.17, 15) is 22.6 Å². The maximum atomic E-state index is 12.1. The maximum absolute atomic E-state index is 12.1. The molecule has 0 spiro atoms. The lowest BCUT2D eigenvalue weighted by Gasteiger charge is -2.03. The van der Waals surface area contributed by atoms with Gasteiger partial charge >= 0.3 is 5.69 Å². The Hall–Kier alpha value is -2.72. The minimum atomic E-state index is -4.47. The smallest absolute Gasteiger partial charge is 0.332 e. The van der Waals surface area contributed by atoms with E-state index in [4.69, 9.17) is 0 Å². The number of hydrogen-bond donors (Lipinski definition) is 2. The molecule has 3 aromatic rings. The number of aryl methyl sites for hydroxylation is 1. The van der Waals surface area contributed by atoms with Crippen molar-refractivity contribution >= 4 is 21.3 Å². The fraction of sp³-hybridized carbons (Fsp3) is 0.154. The number of imidazole rings is 1. The van der Waals surface area contributed by atoms with Gasteiger partial charge < -0.3 is 4.98 Å². The standard InChI is InChI=1S/C13H12N4O5S/c1-16-11-9(12(18)17(2)13(16)19)14-10(15-11)7-5-3-4-6-8(7)23(20,21)22/h3-6H,1-2H3,(H,14,15)(H,20,21,22). The summed E-state index contributed by atoms with van der Waals surface area (Å²) < 4.78 is 34.4. The molecule has 2 heterocycles. The molecule has 0 saturated carbocycles. The second-order valence-corrected chi connectivity index (χ2v) is 6.35. The highest BCUT2D eigenvalue weighted by atomic mass is 32.2. The zero-order valence-corrected chi connectivity index (χ0v) is 13.0. The fourth-order valence-corrected chi connectivity index (χ4v) is 3.03. The van der Waals surface area contributed by atoms with Gasteiger partial charge in [-0.25, -0.2) is 9.78 Å². The quantitative estimate of drug-likeness (QED) is 0.628. The molecule has 1 aromatic carbocycles. The Labute approximate surface area is 129 Å². The van der Waals surface area contributed by atoms with Gasteiger partial charge in [-0.2, -0.15) is 8.42 Å². The van der Waals surface area contributed by atoms with E-state index in [1.165, 1.54) is 36.9 Å². The lowest BCUT2D eigenvalue weighted by Crippen LogP contribution is -2.36. The van der Waals surface area contributed by atoms with Crippen molar-refractivity contribution in [3.05, 3.63) is 45.1 Å². The molecule has 0 atom stereocenters. The summed E-state index contributed by atoms with van der Waals surface area (Å²) >= 11 is 0. The Balaban J connectivity index is 2.42. The molecule has 0 fully saturated rings. The van der Waals surface area contributed by atoms with Gasteiger partial charge in [-0.1, -0.05) is 12.1 Å². The van der Waals surface area contributed by atoms with Gasteiger partial charge in [0.2, 0.25) is 0 Å². The summed E-state index contributed by atoms with van der Waals surface area (Å²) in [7, 11) is -1.69. The van der Waals surface area contributed by atoms with Crippen LogP contribution in [-0.4, -0.2) is 32.1 Å². The molecule has 0 aliphatic carbocycles. The van der Waals surface area contributed by atoms with Gasteiger partial charge in [0.15, 0.2) is 5.65 Å². The molecular weight excluding hydrogens is 324 g/mol. The van der Waals surface area contributed by atoms with Crippen LogP contribution in [0.25, 0.3) is 22.6 Å². The molecule has 10 heteroatoms. The SMILES string of the molecule is Cn1c(=O)c2[nH]c(-c3ccccc3S(=O)(=O)O)nc2n(C)c1=O. The molecule has 0 aliphatic heterocycles. The summed E-state index contributed by atoms with van der Waals surface area (Å²) in [6, 6.07) is 5.66. The molecule has 0 bridgehead atoms. The highest BCUT2D eigenvalue weighted by Gasteiger charge is 2.20. The third-order valence-corrected chi connectivity index (χ3v) is 4.43. The number of hydrogen-bond acceptors (Lipinski definition) is 5.